The highest BCUT2D eigenvalue weighted by molar-refractivity contribution is 5.48. The number of nitrogens with two attached hydrogens (primary N) is 1. The van der Waals surface area contributed by atoms with E-state index in [-0.39, 0.29) is 0 Å². The van der Waals surface area contributed by atoms with Gasteiger partial charge in [-0.25, -0.2) is 0 Å². The zero-order chi connectivity index (χ0) is 7.56. The van der Waals surface area contributed by atoms with Crippen molar-refractivity contribution in [3.8, 4) is 0 Å². The van der Waals surface area contributed by atoms with Crippen LogP contribution in [0.2, 0.25) is 0 Å². The zero-order valence-corrected chi connectivity index (χ0v) is 6.04. The lowest BCUT2D eigenvalue weighted by Crippen LogP contribution is -2.05. The molecule has 0 bridgehead atoms. The second-order valence-corrected chi connectivity index (χ2v) is 2.08. The molecule has 0 unspecified atom stereocenters. The first-order chi connectivity index (χ1) is 4.79. The summed E-state index contributed by atoms with van der Waals surface area (Å²) in [4.78, 5) is 0. The molecule has 1 heterocycles. The smallest absolute Gasteiger partial charge is 0.0588 e. The summed E-state index contributed by atoms with van der Waals surface area (Å²) in [5.74, 6) is 0. The molecule has 54 valence electrons. The fourth-order valence-corrected chi connectivity index (χ4v) is 0.900. The summed E-state index contributed by atoms with van der Waals surface area (Å²) in [6.45, 7) is 4.16. The molecule has 0 aromatic carbocycles. The number of hydrogen-bond acceptors (Lipinski definition) is 2. The maximum absolute atomic E-state index is 5.46. The van der Waals surface area contributed by atoms with Gasteiger partial charge in [-0.1, -0.05) is 12.7 Å². The summed E-state index contributed by atoms with van der Waals surface area (Å²) in [5, 5.41) is 4.02. The van der Waals surface area contributed by atoms with Gasteiger partial charge in [0.2, 0.25) is 0 Å². The Kier molecular flexibility index (Phi) is 1.87. The first-order valence-electron chi connectivity index (χ1n) is 3.13. The number of hydrogen-bond donors (Lipinski definition) is 1. The van der Waals surface area contributed by atoms with Crippen molar-refractivity contribution in [2.75, 3.05) is 0 Å². The van der Waals surface area contributed by atoms with Crippen LogP contribution in [0.1, 0.15) is 11.3 Å². The SMILES string of the molecule is C=Cc1cnn(C)c1CN. The molecule has 1 aromatic heterocycles. The van der Waals surface area contributed by atoms with Crippen LogP contribution >= 0.6 is 0 Å². The van der Waals surface area contributed by atoms with Crippen LogP contribution in [0.4, 0.5) is 0 Å². The second kappa shape index (κ2) is 2.66. The minimum absolute atomic E-state index is 0.512. The van der Waals surface area contributed by atoms with Crippen molar-refractivity contribution >= 4 is 6.08 Å². The van der Waals surface area contributed by atoms with E-state index in [0.717, 1.165) is 11.3 Å². The fourth-order valence-electron chi connectivity index (χ4n) is 0.900. The third-order valence-electron chi connectivity index (χ3n) is 1.51. The van der Waals surface area contributed by atoms with Gasteiger partial charge in [0.1, 0.15) is 0 Å². The lowest BCUT2D eigenvalue weighted by molar-refractivity contribution is 0.711. The molecule has 10 heavy (non-hydrogen) atoms. The van der Waals surface area contributed by atoms with Crippen molar-refractivity contribution in [3.63, 3.8) is 0 Å². The van der Waals surface area contributed by atoms with Gasteiger partial charge in [-0.2, -0.15) is 5.10 Å². The van der Waals surface area contributed by atoms with Crippen molar-refractivity contribution in [1.82, 2.24) is 9.78 Å². The number of nitrogens with zero attached hydrogens (tertiary/aromatic N) is 2. The maximum atomic E-state index is 5.46. The molecule has 1 aromatic rings. The van der Waals surface area contributed by atoms with Gasteiger partial charge >= 0.3 is 0 Å². The first kappa shape index (κ1) is 7.02. The Morgan fingerprint density at radius 2 is 2.60 bits per heavy atom. The summed E-state index contributed by atoms with van der Waals surface area (Å²) < 4.78 is 1.76. The number of aromatic nitrogens is 2. The van der Waals surface area contributed by atoms with Gasteiger partial charge in [-0.3, -0.25) is 4.68 Å². The Labute approximate surface area is 60.1 Å². The van der Waals surface area contributed by atoms with Gasteiger partial charge in [0.25, 0.3) is 0 Å². The van der Waals surface area contributed by atoms with E-state index in [1.54, 1.807) is 17.0 Å². The molecule has 0 fully saturated rings. The van der Waals surface area contributed by atoms with Crippen molar-refractivity contribution in [3.05, 3.63) is 24.0 Å². The summed E-state index contributed by atoms with van der Waals surface area (Å²) >= 11 is 0. The predicted molar refractivity (Wildman–Crippen MR) is 41.2 cm³/mol. The van der Waals surface area contributed by atoms with Crippen LogP contribution in [0.3, 0.4) is 0 Å². The fraction of sp³-hybridized carbons (Fsp3) is 0.286. The third kappa shape index (κ3) is 0.953. The van der Waals surface area contributed by atoms with Crippen LogP contribution < -0.4 is 5.73 Å². The molecule has 0 atom stereocenters. The Bertz CT molecular complexity index is 237. The normalized spacial score (nSPS) is 9.80. The van der Waals surface area contributed by atoms with E-state index in [0.29, 0.717) is 6.54 Å². The highest BCUT2D eigenvalue weighted by atomic mass is 15.3. The number of rotatable bonds is 2. The van der Waals surface area contributed by atoms with Crippen molar-refractivity contribution in [1.29, 1.82) is 0 Å². The van der Waals surface area contributed by atoms with E-state index in [9.17, 15) is 0 Å². The van der Waals surface area contributed by atoms with Gasteiger partial charge in [0.15, 0.2) is 0 Å². The Balaban J connectivity index is 3.12. The van der Waals surface area contributed by atoms with Gasteiger partial charge in [-0.05, 0) is 0 Å². The summed E-state index contributed by atoms with van der Waals surface area (Å²) in [7, 11) is 1.87. The van der Waals surface area contributed by atoms with Crippen LogP contribution in [-0.2, 0) is 13.6 Å². The molecule has 0 radical (unpaired) electrons. The molecule has 0 spiro atoms. The van der Waals surface area contributed by atoms with Crippen LogP contribution in [0.25, 0.3) is 6.08 Å². The molecule has 3 nitrogen and oxygen atoms in total. The van der Waals surface area contributed by atoms with E-state index in [4.69, 9.17) is 5.73 Å². The monoisotopic (exact) mass is 137 g/mol. The molecule has 0 amide bonds. The Morgan fingerprint density at radius 3 is 3.00 bits per heavy atom. The summed E-state index contributed by atoms with van der Waals surface area (Å²) in [6.07, 6.45) is 3.52. The standard InChI is InChI=1S/C7H11N3/c1-3-6-5-9-10(2)7(6)4-8/h3,5H,1,4,8H2,2H3. The van der Waals surface area contributed by atoms with Crippen LogP contribution in [0.15, 0.2) is 12.8 Å². The molecular formula is C7H11N3. The van der Waals surface area contributed by atoms with E-state index in [2.05, 4.69) is 11.7 Å². The second-order valence-electron chi connectivity index (χ2n) is 2.08. The minimum atomic E-state index is 0.512. The first-order valence-corrected chi connectivity index (χ1v) is 3.13. The molecule has 0 saturated carbocycles. The molecule has 0 aliphatic heterocycles. The van der Waals surface area contributed by atoms with Gasteiger partial charge < -0.3 is 5.73 Å². The van der Waals surface area contributed by atoms with E-state index < -0.39 is 0 Å². The molecule has 1 rings (SSSR count). The maximum Gasteiger partial charge on any atom is 0.0588 e. The molecular weight excluding hydrogens is 126 g/mol. The van der Waals surface area contributed by atoms with Crippen molar-refractivity contribution < 1.29 is 0 Å². The van der Waals surface area contributed by atoms with Gasteiger partial charge in [-0.15, -0.1) is 0 Å². The quantitative estimate of drug-likeness (QED) is 0.645. The molecule has 0 aliphatic carbocycles. The van der Waals surface area contributed by atoms with Gasteiger partial charge in [0.05, 0.1) is 11.9 Å². The molecule has 0 saturated heterocycles. The van der Waals surface area contributed by atoms with Crippen LogP contribution in [0, 0.1) is 0 Å². The summed E-state index contributed by atoms with van der Waals surface area (Å²) in [5.41, 5.74) is 7.50. The average molecular weight is 137 g/mol. The van der Waals surface area contributed by atoms with E-state index >= 15 is 0 Å². The molecule has 3 heteroatoms. The third-order valence-corrected chi connectivity index (χ3v) is 1.51. The van der Waals surface area contributed by atoms with Crippen molar-refractivity contribution in [2.45, 2.75) is 6.54 Å². The predicted octanol–water partition coefficient (Wildman–Crippen LogP) is 0.522. The summed E-state index contributed by atoms with van der Waals surface area (Å²) in [6, 6.07) is 0. The molecule has 2 N–H and O–H groups in total. The van der Waals surface area contributed by atoms with Crippen LogP contribution in [-0.4, -0.2) is 9.78 Å². The topological polar surface area (TPSA) is 43.8 Å². The highest BCUT2D eigenvalue weighted by Gasteiger charge is 2.00. The van der Waals surface area contributed by atoms with Gasteiger partial charge in [0, 0.05) is 19.2 Å². The van der Waals surface area contributed by atoms with Crippen LogP contribution in [0.5, 0.6) is 0 Å². The minimum Gasteiger partial charge on any atom is -0.325 e. The Morgan fingerprint density at radius 1 is 1.90 bits per heavy atom. The average Bonchev–Trinajstić information content (AvgIpc) is 2.30. The number of aryl methyl sites for hydroxylation is 1. The Hall–Kier alpha value is -1.09. The zero-order valence-electron chi connectivity index (χ0n) is 6.04. The lowest BCUT2D eigenvalue weighted by atomic mass is 10.2. The molecule has 0 aliphatic rings. The van der Waals surface area contributed by atoms with Crippen molar-refractivity contribution in [2.24, 2.45) is 12.8 Å². The van der Waals surface area contributed by atoms with E-state index in [1.807, 2.05) is 7.05 Å². The van der Waals surface area contributed by atoms with E-state index in [1.165, 1.54) is 0 Å². The highest BCUT2D eigenvalue weighted by Crippen LogP contribution is 2.06. The largest absolute Gasteiger partial charge is 0.325 e. The lowest BCUT2D eigenvalue weighted by Gasteiger charge is -1.97.